The maximum Gasteiger partial charge on any atom is 0.271 e. The van der Waals surface area contributed by atoms with Crippen LogP contribution in [0.15, 0.2) is 75.1 Å². The summed E-state index contributed by atoms with van der Waals surface area (Å²) in [6.45, 7) is 3.78. The number of carbonyl (C=O) groups excluding carboxylic acids is 1. The highest BCUT2D eigenvalue weighted by molar-refractivity contribution is 7.10. The Balaban J connectivity index is 1.66. The van der Waals surface area contributed by atoms with Gasteiger partial charge >= 0.3 is 0 Å². The molecule has 0 spiro atoms. The van der Waals surface area contributed by atoms with Crippen LogP contribution in [0.2, 0.25) is 0 Å². The van der Waals surface area contributed by atoms with Gasteiger partial charge in [0.15, 0.2) is 4.80 Å². The smallest absolute Gasteiger partial charge is 0.271 e. The lowest BCUT2D eigenvalue weighted by atomic mass is 10.0. The van der Waals surface area contributed by atoms with E-state index < -0.39 is 6.04 Å². The second kappa shape index (κ2) is 8.42. The lowest BCUT2D eigenvalue weighted by Gasteiger charge is -2.24. The summed E-state index contributed by atoms with van der Waals surface area (Å²) in [7, 11) is 1.87. The first-order valence-corrected chi connectivity index (χ1v) is 12.0. The van der Waals surface area contributed by atoms with Crippen molar-refractivity contribution in [3.05, 3.63) is 101 Å². The number of aromatic nitrogens is 3. The Bertz CT molecular complexity index is 1560. The third kappa shape index (κ3) is 3.79. The molecule has 9 heteroatoms. The SMILES string of the molecule is CC1=C(C(=O)Nc2ccccc2)C(c2cccs2)n2c(sc(=Cc3cnn(C)c3C)c2=O)=N1. The van der Waals surface area contributed by atoms with Crippen molar-refractivity contribution in [3.63, 3.8) is 0 Å². The lowest BCUT2D eigenvalue weighted by molar-refractivity contribution is -0.113. The molecule has 0 bridgehead atoms. The number of thiophene rings is 1. The van der Waals surface area contributed by atoms with E-state index in [1.165, 1.54) is 22.7 Å². The van der Waals surface area contributed by atoms with E-state index in [0.717, 1.165) is 16.1 Å². The molecular formula is C24H21N5O2S2. The van der Waals surface area contributed by atoms with Crippen molar-refractivity contribution < 1.29 is 4.79 Å². The van der Waals surface area contributed by atoms with Crippen molar-refractivity contribution in [2.75, 3.05) is 5.32 Å². The van der Waals surface area contributed by atoms with Gasteiger partial charge in [-0.15, -0.1) is 11.3 Å². The summed E-state index contributed by atoms with van der Waals surface area (Å²) in [5.74, 6) is -0.266. The van der Waals surface area contributed by atoms with Gasteiger partial charge in [0.05, 0.1) is 22.0 Å². The zero-order chi connectivity index (χ0) is 23.1. The number of anilines is 1. The molecule has 1 amide bonds. The van der Waals surface area contributed by atoms with Crippen molar-refractivity contribution in [1.82, 2.24) is 14.3 Å². The van der Waals surface area contributed by atoms with Crippen LogP contribution in [-0.2, 0) is 11.8 Å². The average Bonchev–Trinajstić information content (AvgIpc) is 3.51. The minimum Gasteiger partial charge on any atom is -0.322 e. The minimum absolute atomic E-state index is 0.169. The van der Waals surface area contributed by atoms with Crippen molar-refractivity contribution >= 4 is 40.3 Å². The first kappa shape index (κ1) is 21.3. The number of hydrogen-bond acceptors (Lipinski definition) is 6. The van der Waals surface area contributed by atoms with Gasteiger partial charge in [-0.3, -0.25) is 18.8 Å². The Kier molecular flexibility index (Phi) is 5.43. The number of hydrogen-bond donors (Lipinski definition) is 1. The lowest BCUT2D eigenvalue weighted by Crippen LogP contribution is -2.40. The highest BCUT2D eigenvalue weighted by Gasteiger charge is 2.33. The molecular weight excluding hydrogens is 454 g/mol. The van der Waals surface area contributed by atoms with Crippen LogP contribution < -0.4 is 20.2 Å². The standard InChI is InChI=1S/C24H21N5O2S2/c1-14-20(22(30)27-17-8-5-4-6-9-17)21(18-10-7-11-32-18)29-23(31)19(33-24(29)26-14)12-16-13-25-28(3)15(16)2/h4-13,21H,1-3H3,(H,27,30). The molecule has 1 N–H and O–H groups in total. The number of rotatable bonds is 4. The molecule has 0 radical (unpaired) electrons. The molecule has 1 aliphatic heterocycles. The molecule has 1 unspecified atom stereocenters. The Hall–Kier alpha value is -3.56. The molecule has 5 rings (SSSR count). The van der Waals surface area contributed by atoms with Gasteiger partial charge < -0.3 is 5.32 Å². The second-order valence-electron chi connectivity index (χ2n) is 7.73. The van der Waals surface area contributed by atoms with Crippen molar-refractivity contribution in [2.24, 2.45) is 12.0 Å². The summed E-state index contributed by atoms with van der Waals surface area (Å²) >= 11 is 2.84. The maximum atomic E-state index is 13.6. The molecule has 0 aliphatic carbocycles. The quantitative estimate of drug-likeness (QED) is 0.493. The number of benzene rings is 1. The van der Waals surface area contributed by atoms with Crippen molar-refractivity contribution in [3.8, 4) is 0 Å². The number of amides is 1. The normalized spacial score (nSPS) is 16.0. The largest absolute Gasteiger partial charge is 0.322 e. The van der Waals surface area contributed by atoms with Gasteiger partial charge in [-0.25, -0.2) is 4.99 Å². The zero-order valence-corrected chi connectivity index (χ0v) is 19.9. The van der Waals surface area contributed by atoms with E-state index in [1.54, 1.807) is 15.4 Å². The Morgan fingerprint density at radius 2 is 1.94 bits per heavy atom. The third-order valence-corrected chi connectivity index (χ3v) is 7.58. The number of para-hydroxylation sites is 1. The molecule has 4 aromatic rings. The predicted octanol–water partition coefficient (Wildman–Crippen LogP) is 2.98. The van der Waals surface area contributed by atoms with E-state index in [2.05, 4.69) is 15.4 Å². The Morgan fingerprint density at radius 1 is 1.15 bits per heavy atom. The van der Waals surface area contributed by atoms with Gasteiger partial charge in [0.2, 0.25) is 0 Å². The molecule has 1 aliphatic rings. The summed E-state index contributed by atoms with van der Waals surface area (Å²) in [5.41, 5.74) is 3.45. The molecule has 7 nitrogen and oxygen atoms in total. The molecule has 0 saturated heterocycles. The summed E-state index contributed by atoms with van der Waals surface area (Å²) in [6.07, 6.45) is 3.59. The molecule has 166 valence electrons. The number of aryl methyl sites for hydroxylation is 1. The summed E-state index contributed by atoms with van der Waals surface area (Å²) in [6, 6.07) is 12.6. The fourth-order valence-corrected chi connectivity index (χ4v) is 5.71. The topological polar surface area (TPSA) is 81.3 Å². The van der Waals surface area contributed by atoms with E-state index in [1.807, 2.05) is 74.8 Å². The van der Waals surface area contributed by atoms with Gasteiger partial charge in [-0.1, -0.05) is 35.6 Å². The van der Waals surface area contributed by atoms with Crippen LogP contribution >= 0.6 is 22.7 Å². The monoisotopic (exact) mass is 475 g/mol. The first-order valence-electron chi connectivity index (χ1n) is 10.3. The number of carbonyl (C=O) groups is 1. The van der Waals surface area contributed by atoms with E-state index in [9.17, 15) is 9.59 Å². The number of thiazole rings is 1. The fourth-order valence-electron chi connectivity index (χ4n) is 3.85. The molecule has 1 aromatic carbocycles. The van der Waals surface area contributed by atoms with Crippen molar-refractivity contribution in [1.29, 1.82) is 0 Å². The molecule has 1 atom stereocenters. The van der Waals surface area contributed by atoms with Gasteiger partial charge in [0.25, 0.3) is 11.5 Å². The van der Waals surface area contributed by atoms with Crippen LogP contribution in [0.3, 0.4) is 0 Å². The third-order valence-electron chi connectivity index (χ3n) is 5.67. The van der Waals surface area contributed by atoms with Gasteiger partial charge in [-0.2, -0.15) is 5.10 Å². The maximum absolute atomic E-state index is 13.6. The number of nitrogens with zero attached hydrogens (tertiary/aromatic N) is 4. The summed E-state index contributed by atoms with van der Waals surface area (Å²) in [5, 5.41) is 9.17. The first-order chi connectivity index (χ1) is 15.9. The van der Waals surface area contributed by atoms with E-state index in [4.69, 9.17) is 0 Å². The molecule has 4 heterocycles. The van der Waals surface area contributed by atoms with Gasteiger partial charge in [-0.05, 0) is 43.5 Å². The fraction of sp³-hybridized carbons (Fsp3) is 0.167. The van der Waals surface area contributed by atoms with Gasteiger partial charge in [0, 0.05) is 28.9 Å². The van der Waals surface area contributed by atoms with Crippen LogP contribution in [-0.4, -0.2) is 20.3 Å². The van der Waals surface area contributed by atoms with Crippen LogP contribution in [0.1, 0.15) is 29.1 Å². The average molecular weight is 476 g/mol. The highest BCUT2D eigenvalue weighted by atomic mass is 32.1. The minimum atomic E-state index is -0.540. The number of nitrogens with one attached hydrogen (secondary N) is 1. The van der Waals surface area contributed by atoms with Crippen LogP contribution in [0.4, 0.5) is 5.69 Å². The molecule has 3 aromatic heterocycles. The van der Waals surface area contributed by atoms with Crippen LogP contribution in [0.25, 0.3) is 6.08 Å². The van der Waals surface area contributed by atoms with Gasteiger partial charge in [0.1, 0.15) is 6.04 Å². The molecule has 0 fully saturated rings. The van der Waals surface area contributed by atoms with E-state index in [-0.39, 0.29) is 11.5 Å². The predicted molar refractivity (Wildman–Crippen MR) is 131 cm³/mol. The van der Waals surface area contributed by atoms with Crippen LogP contribution in [0.5, 0.6) is 0 Å². The molecule has 33 heavy (non-hydrogen) atoms. The molecule has 0 saturated carbocycles. The highest BCUT2D eigenvalue weighted by Crippen LogP contribution is 2.33. The van der Waals surface area contributed by atoms with Crippen molar-refractivity contribution in [2.45, 2.75) is 19.9 Å². The van der Waals surface area contributed by atoms with Crippen LogP contribution in [0, 0.1) is 6.92 Å². The van der Waals surface area contributed by atoms with E-state index >= 15 is 0 Å². The Labute approximate surface area is 197 Å². The number of allylic oxidation sites excluding steroid dienone is 1. The zero-order valence-electron chi connectivity index (χ0n) is 18.3. The van der Waals surface area contributed by atoms with E-state index in [0.29, 0.717) is 26.3 Å². The number of fused-ring (bicyclic) bond motifs is 1. The summed E-state index contributed by atoms with van der Waals surface area (Å²) in [4.78, 5) is 33.1. The second-order valence-corrected chi connectivity index (χ2v) is 9.71. The Morgan fingerprint density at radius 3 is 2.61 bits per heavy atom. The summed E-state index contributed by atoms with van der Waals surface area (Å²) < 4.78 is 3.97.